The van der Waals surface area contributed by atoms with Crippen LogP contribution in [0.25, 0.3) is 0 Å². The van der Waals surface area contributed by atoms with Crippen LogP contribution in [0.4, 0.5) is 4.39 Å². The number of nitrogens with one attached hydrogen (secondary N) is 1. The molecule has 7 nitrogen and oxygen atoms in total. The van der Waals surface area contributed by atoms with Gasteiger partial charge in [0.2, 0.25) is 0 Å². The van der Waals surface area contributed by atoms with E-state index < -0.39 is 17.6 Å². The van der Waals surface area contributed by atoms with E-state index in [1.54, 1.807) is 30.3 Å². The fourth-order valence-corrected chi connectivity index (χ4v) is 2.94. The second kappa shape index (κ2) is 10.5. The summed E-state index contributed by atoms with van der Waals surface area (Å²) in [6.07, 6.45) is 0. The lowest BCUT2D eigenvalue weighted by Gasteiger charge is -2.13. The number of rotatable bonds is 9. The Bertz CT molecular complexity index is 1120. The Hall–Kier alpha value is -3.78. The molecule has 0 aliphatic heterocycles. The van der Waals surface area contributed by atoms with Gasteiger partial charge in [0.25, 0.3) is 11.8 Å². The molecule has 32 heavy (non-hydrogen) atoms. The zero-order chi connectivity index (χ0) is 23.1. The van der Waals surface area contributed by atoms with Crippen LogP contribution in [-0.4, -0.2) is 25.5 Å². The molecule has 0 radical (unpaired) electrons. The van der Waals surface area contributed by atoms with Crippen LogP contribution < -0.4 is 25.3 Å². The summed E-state index contributed by atoms with van der Waals surface area (Å²) in [5, 5.41) is 3.15. The highest BCUT2D eigenvalue weighted by Gasteiger charge is 2.15. The third-order valence-corrected chi connectivity index (χ3v) is 4.51. The summed E-state index contributed by atoms with van der Waals surface area (Å²) in [5.74, 6) is -0.0354. The van der Waals surface area contributed by atoms with E-state index in [2.05, 4.69) is 5.32 Å². The van der Waals surface area contributed by atoms with Crippen molar-refractivity contribution >= 4 is 23.4 Å². The molecule has 166 valence electrons. The Labute approximate surface area is 188 Å². The van der Waals surface area contributed by atoms with Gasteiger partial charge in [0.05, 0.1) is 12.7 Å². The average molecular weight is 459 g/mol. The minimum Gasteiger partial charge on any atom is -0.493 e. The molecule has 3 aromatic rings. The summed E-state index contributed by atoms with van der Waals surface area (Å²) in [6, 6.07) is 15.1. The van der Waals surface area contributed by atoms with Gasteiger partial charge in [0, 0.05) is 11.6 Å². The number of carbonyl (C=O) groups is 2. The molecule has 0 aliphatic rings. The van der Waals surface area contributed by atoms with Crippen LogP contribution >= 0.6 is 11.6 Å². The fraction of sp³-hybridized carbons (Fsp3) is 0.130. The zero-order valence-electron chi connectivity index (χ0n) is 17.1. The molecule has 0 heterocycles. The molecule has 9 heteroatoms. The second-order valence-electron chi connectivity index (χ2n) is 6.62. The molecule has 0 saturated heterocycles. The lowest BCUT2D eigenvalue weighted by atomic mass is 10.1. The minimum atomic E-state index is -0.608. The third-order valence-electron chi connectivity index (χ3n) is 4.28. The summed E-state index contributed by atoms with van der Waals surface area (Å²) >= 11 is 6.06. The lowest BCUT2D eigenvalue weighted by molar-refractivity contribution is -0.119. The fourth-order valence-electron chi connectivity index (χ4n) is 2.77. The van der Waals surface area contributed by atoms with Crippen molar-refractivity contribution in [3.05, 3.63) is 82.6 Å². The first-order valence-corrected chi connectivity index (χ1v) is 9.82. The summed E-state index contributed by atoms with van der Waals surface area (Å²) in [6.45, 7) is -0.105. The van der Waals surface area contributed by atoms with Crippen molar-refractivity contribution < 1.29 is 28.2 Å². The number of ether oxygens (including phenoxy) is 3. The van der Waals surface area contributed by atoms with Gasteiger partial charge in [-0.1, -0.05) is 17.7 Å². The molecule has 0 saturated carbocycles. The van der Waals surface area contributed by atoms with Crippen LogP contribution in [0, 0.1) is 5.82 Å². The molecule has 0 bridgehead atoms. The molecular formula is C23H20ClFN2O5. The van der Waals surface area contributed by atoms with Crippen molar-refractivity contribution in [2.75, 3.05) is 13.7 Å². The molecule has 0 unspecified atom stereocenters. The quantitative estimate of drug-likeness (QED) is 0.503. The van der Waals surface area contributed by atoms with E-state index in [1.165, 1.54) is 37.4 Å². The lowest BCUT2D eigenvalue weighted by Crippen LogP contribution is -2.23. The van der Waals surface area contributed by atoms with Gasteiger partial charge >= 0.3 is 0 Å². The van der Waals surface area contributed by atoms with Gasteiger partial charge < -0.3 is 25.3 Å². The van der Waals surface area contributed by atoms with Gasteiger partial charge in [0.1, 0.15) is 17.3 Å². The third kappa shape index (κ3) is 6.12. The number of nitrogens with two attached hydrogens (primary N) is 1. The molecular weight excluding hydrogens is 439 g/mol. The molecule has 3 N–H and O–H groups in total. The maximum Gasteiger partial charge on any atom is 0.255 e. The monoisotopic (exact) mass is 458 g/mol. The summed E-state index contributed by atoms with van der Waals surface area (Å²) < 4.78 is 29.4. The Balaban J connectivity index is 1.72. The van der Waals surface area contributed by atoms with Crippen molar-refractivity contribution in [3.63, 3.8) is 0 Å². The van der Waals surface area contributed by atoms with Gasteiger partial charge in [-0.05, 0) is 60.2 Å². The average Bonchev–Trinajstić information content (AvgIpc) is 2.78. The van der Waals surface area contributed by atoms with E-state index >= 15 is 0 Å². The smallest absolute Gasteiger partial charge is 0.255 e. The van der Waals surface area contributed by atoms with E-state index in [0.29, 0.717) is 22.3 Å². The van der Waals surface area contributed by atoms with E-state index in [4.69, 9.17) is 31.5 Å². The van der Waals surface area contributed by atoms with Crippen molar-refractivity contribution in [1.82, 2.24) is 5.32 Å². The van der Waals surface area contributed by atoms with Crippen LogP contribution in [0.15, 0.2) is 60.7 Å². The van der Waals surface area contributed by atoms with Crippen LogP contribution in [-0.2, 0) is 11.3 Å². The standard InChI is InChI=1S/C23H20ClFN2O5/c1-30-21-10-14(2-8-20(21)31-13-22(26)28)12-27-23(29)18-11-15(24)3-9-19(18)32-17-6-4-16(25)5-7-17/h2-11H,12-13H2,1H3,(H2,26,28)(H,27,29). The normalized spacial score (nSPS) is 10.3. The largest absolute Gasteiger partial charge is 0.493 e. The SMILES string of the molecule is COc1cc(CNC(=O)c2cc(Cl)ccc2Oc2ccc(F)cc2)ccc1OCC(N)=O. The summed E-state index contributed by atoms with van der Waals surface area (Å²) in [5.41, 5.74) is 6.03. The Morgan fingerprint density at radius 2 is 1.72 bits per heavy atom. The number of hydrogen-bond donors (Lipinski definition) is 2. The zero-order valence-corrected chi connectivity index (χ0v) is 17.8. The highest BCUT2D eigenvalue weighted by Crippen LogP contribution is 2.30. The predicted octanol–water partition coefficient (Wildman–Crippen LogP) is 4.07. The maximum atomic E-state index is 13.1. The first kappa shape index (κ1) is 22.9. The van der Waals surface area contributed by atoms with E-state index in [9.17, 15) is 14.0 Å². The molecule has 0 aromatic heterocycles. The van der Waals surface area contributed by atoms with Crippen molar-refractivity contribution in [2.45, 2.75) is 6.54 Å². The molecule has 2 amide bonds. The van der Waals surface area contributed by atoms with Gasteiger partial charge in [-0.25, -0.2) is 4.39 Å². The second-order valence-corrected chi connectivity index (χ2v) is 7.06. The van der Waals surface area contributed by atoms with Crippen LogP contribution in [0.2, 0.25) is 5.02 Å². The Morgan fingerprint density at radius 3 is 2.41 bits per heavy atom. The van der Waals surface area contributed by atoms with Crippen LogP contribution in [0.1, 0.15) is 15.9 Å². The highest BCUT2D eigenvalue weighted by molar-refractivity contribution is 6.31. The number of amides is 2. The molecule has 0 fully saturated rings. The van der Waals surface area contributed by atoms with Gasteiger partial charge in [0.15, 0.2) is 18.1 Å². The van der Waals surface area contributed by atoms with Gasteiger partial charge in [-0.2, -0.15) is 0 Å². The van der Waals surface area contributed by atoms with E-state index in [0.717, 1.165) is 5.56 Å². The van der Waals surface area contributed by atoms with Crippen molar-refractivity contribution in [1.29, 1.82) is 0 Å². The Morgan fingerprint density at radius 1 is 1.00 bits per heavy atom. The maximum absolute atomic E-state index is 13.1. The number of benzene rings is 3. The highest BCUT2D eigenvalue weighted by atomic mass is 35.5. The van der Waals surface area contributed by atoms with E-state index in [-0.39, 0.29) is 24.5 Å². The van der Waals surface area contributed by atoms with Gasteiger partial charge in [-0.3, -0.25) is 9.59 Å². The minimum absolute atomic E-state index is 0.174. The first-order chi connectivity index (χ1) is 15.4. The van der Waals surface area contributed by atoms with Crippen LogP contribution in [0.5, 0.6) is 23.0 Å². The van der Waals surface area contributed by atoms with E-state index in [1.807, 2.05) is 0 Å². The molecule has 0 aliphatic carbocycles. The van der Waals surface area contributed by atoms with Gasteiger partial charge in [-0.15, -0.1) is 0 Å². The molecule has 0 spiro atoms. The molecule has 3 aromatic carbocycles. The molecule has 3 rings (SSSR count). The topological polar surface area (TPSA) is 99.9 Å². The predicted molar refractivity (Wildman–Crippen MR) is 117 cm³/mol. The summed E-state index contributed by atoms with van der Waals surface area (Å²) in [4.78, 5) is 23.7. The van der Waals surface area contributed by atoms with Crippen LogP contribution in [0.3, 0.4) is 0 Å². The molecule has 0 atom stereocenters. The number of hydrogen-bond acceptors (Lipinski definition) is 5. The number of halogens is 2. The van der Waals surface area contributed by atoms with Crippen molar-refractivity contribution in [2.24, 2.45) is 5.73 Å². The summed E-state index contributed by atoms with van der Waals surface area (Å²) in [7, 11) is 1.46. The first-order valence-electron chi connectivity index (χ1n) is 9.45. The van der Waals surface area contributed by atoms with Crippen molar-refractivity contribution in [3.8, 4) is 23.0 Å². The number of primary amides is 1. The number of methoxy groups -OCH3 is 1. The Kier molecular flexibility index (Phi) is 7.51. The number of carbonyl (C=O) groups excluding carboxylic acids is 2.